The molecule has 0 bridgehead atoms. The predicted molar refractivity (Wildman–Crippen MR) is 133 cm³/mol. The first kappa shape index (κ1) is 26.0. The fraction of sp³-hybridized carbons (Fsp3) is 0.682. The average Bonchev–Trinajstić information content (AvgIpc) is 3.26. The zero-order chi connectivity index (χ0) is 20.0. The van der Waals surface area contributed by atoms with E-state index in [1.165, 1.54) is 24.1 Å². The predicted octanol–water partition coefficient (Wildman–Crippen LogP) is 3.96. The Morgan fingerprint density at radius 3 is 2.55 bits per heavy atom. The summed E-state index contributed by atoms with van der Waals surface area (Å²) in [5, 5.41) is 6.78. The zero-order valence-electron chi connectivity index (χ0n) is 18.3. The smallest absolute Gasteiger partial charge is 0.191 e. The van der Waals surface area contributed by atoms with Crippen LogP contribution in [0.1, 0.15) is 51.1 Å². The van der Waals surface area contributed by atoms with Crippen molar-refractivity contribution in [3.05, 3.63) is 29.8 Å². The lowest BCUT2D eigenvalue weighted by Crippen LogP contribution is -2.40. The van der Waals surface area contributed by atoms with Gasteiger partial charge in [0.15, 0.2) is 5.96 Å². The third-order valence-corrected chi connectivity index (χ3v) is 4.97. The lowest BCUT2D eigenvalue weighted by molar-refractivity contribution is 0.0487. The molecule has 1 saturated heterocycles. The van der Waals surface area contributed by atoms with Crippen molar-refractivity contribution in [1.82, 2.24) is 10.6 Å². The van der Waals surface area contributed by atoms with Gasteiger partial charge < -0.3 is 25.0 Å². The molecule has 1 aliphatic rings. The molecule has 29 heavy (non-hydrogen) atoms. The van der Waals surface area contributed by atoms with Gasteiger partial charge in [0.05, 0.1) is 25.9 Å². The molecule has 7 heteroatoms. The van der Waals surface area contributed by atoms with E-state index in [4.69, 9.17) is 9.47 Å². The number of aliphatic imine (C=N–C) groups is 1. The van der Waals surface area contributed by atoms with Crippen molar-refractivity contribution in [1.29, 1.82) is 0 Å². The summed E-state index contributed by atoms with van der Waals surface area (Å²) in [5.41, 5.74) is 2.59. The highest BCUT2D eigenvalue weighted by Crippen LogP contribution is 2.23. The van der Waals surface area contributed by atoms with E-state index in [0.717, 1.165) is 45.0 Å². The van der Waals surface area contributed by atoms with Crippen molar-refractivity contribution in [2.45, 2.75) is 45.6 Å². The quantitative estimate of drug-likeness (QED) is 0.190. The highest BCUT2D eigenvalue weighted by atomic mass is 127. The van der Waals surface area contributed by atoms with E-state index in [-0.39, 0.29) is 30.0 Å². The van der Waals surface area contributed by atoms with Gasteiger partial charge in [-0.25, -0.2) is 0 Å². The fourth-order valence-electron chi connectivity index (χ4n) is 3.26. The number of nitrogens with one attached hydrogen (secondary N) is 2. The molecule has 166 valence electrons. The molecule has 0 aliphatic carbocycles. The molecule has 0 amide bonds. The van der Waals surface area contributed by atoms with Crippen LogP contribution in [0.2, 0.25) is 0 Å². The molecule has 1 aliphatic heterocycles. The van der Waals surface area contributed by atoms with Crippen LogP contribution in [0.3, 0.4) is 0 Å². The number of ether oxygens (including phenoxy) is 2. The summed E-state index contributed by atoms with van der Waals surface area (Å²) in [7, 11) is 1.80. The van der Waals surface area contributed by atoms with Gasteiger partial charge in [0.1, 0.15) is 0 Å². The lowest BCUT2D eigenvalue weighted by Gasteiger charge is -2.22. The molecule has 0 aromatic heterocycles. The molecule has 1 heterocycles. The van der Waals surface area contributed by atoms with Crippen molar-refractivity contribution in [2.75, 3.05) is 58.0 Å². The Morgan fingerprint density at radius 2 is 1.86 bits per heavy atom. The van der Waals surface area contributed by atoms with Gasteiger partial charge in [-0.1, -0.05) is 25.5 Å². The van der Waals surface area contributed by atoms with Crippen LogP contribution >= 0.6 is 24.0 Å². The molecule has 1 aromatic carbocycles. The van der Waals surface area contributed by atoms with Gasteiger partial charge in [0.25, 0.3) is 0 Å². The number of rotatable bonds is 12. The molecule has 0 saturated carbocycles. The summed E-state index contributed by atoms with van der Waals surface area (Å²) in [4.78, 5) is 6.79. The molecule has 1 aromatic rings. The third-order valence-electron chi connectivity index (χ3n) is 4.97. The molecule has 0 spiro atoms. The van der Waals surface area contributed by atoms with Crippen LogP contribution in [0.4, 0.5) is 5.69 Å². The van der Waals surface area contributed by atoms with Gasteiger partial charge in [-0.3, -0.25) is 4.99 Å². The monoisotopic (exact) mass is 518 g/mol. The van der Waals surface area contributed by atoms with Crippen LogP contribution in [0.5, 0.6) is 0 Å². The SMILES string of the molecule is CCCCOCCOCCNC(=NC)NC(C)c1cccc(N2CCCC2)c1.I. The van der Waals surface area contributed by atoms with Crippen molar-refractivity contribution in [2.24, 2.45) is 4.99 Å². The van der Waals surface area contributed by atoms with E-state index in [2.05, 4.69) is 58.6 Å². The van der Waals surface area contributed by atoms with Gasteiger partial charge in [-0.15, -0.1) is 24.0 Å². The summed E-state index contributed by atoms with van der Waals surface area (Å²) in [6.07, 6.45) is 4.86. The van der Waals surface area contributed by atoms with Gasteiger partial charge in [0.2, 0.25) is 0 Å². The van der Waals surface area contributed by atoms with E-state index in [1.807, 2.05) is 0 Å². The summed E-state index contributed by atoms with van der Waals surface area (Å²) in [5.74, 6) is 0.793. The lowest BCUT2D eigenvalue weighted by atomic mass is 10.1. The van der Waals surface area contributed by atoms with E-state index < -0.39 is 0 Å². The highest BCUT2D eigenvalue weighted by Gasteiger charge is 2.14. The Labute approximate surface area is 193 Å². The normalized spacial score (nSPS) is 15.1. The Bertz CT molecular complexity index is 580. The largest absolute Gasteiger partial charge is 0.379 e. The minimum absolute atomic E-state index is 0. The topological polar surface area (TPSA) is 58.1 Å². The van der Waals surface area contributed by atoms with Crippen LogP contribution < -0.4 is 15.5 Å². The van der Waals surface area contributed by atoms with Crippen LogP contribution in [0.15, 0.2) is 29.3 Å². The molecule has 6 nitrogen and oxygen atoms in total. The number of hydrogen-bond acceptors (Lipinski definition) is 4. The maximum absolute atomic E-state index is 5.60. The van der Waals surface area contributed by atoms with Gasteiger partial charge in [-0.05, 0) is 43.9 Å². The maximum Gasteiger partial charge on any atom is 0.191 e. The van der Waals surface area contributed by atoms with Crippen LogP contribution in [-0.2, 0) is 9.47 Å². The summed E-state index contributed by atoms with van der Waals surface area (Å²) < 4.78 is 11.1. The number of unbranched alkanes of at least 4 members (excludes halogenated alkanes) is 1. The Balaban J connectivity index is 0.00000420. The van der Waals surface area contributed by atoms with Crippen molar-refractivity contribution in [3.63, 3.8) is 0 Å². The third kappa shape index (κ3) is 10.00. The van der Waals surface area contributed by atoms with E-state index in [9.17, 15) is 0 Å². The standard InChI is InChI=1S/C22H38N4O2.HI/c1-4-5-14-27-16-17-28-15-11-24-22(23-3)25-19(2)20-9-8-10-21(18-20)26-12-6-7-13-26;/h8-10,18-19H,4-7,11-17H2,1-3H3,(H2,23,24,25);1H. The van der Waals surface area contributed by atoms with E-state index in [1.54, 1.807) is 7.05 Å². The summed E-state index contributed by atoms with van der Waals surface area (Å²) in [6, 6.07) is 9.00. The molecular formula is C22H39IN4O2. The Kier molecular flexibility index (Phi) is 14.1. The Morgan fingerprint density at radius 1 is 1.14 bits per heavy atom. The van der Waals surface area contributed by atoms with Gasteiger partial charge in [-0.2, -0.15) is 0 Å². The average molecular weight is 518 g/mol. The molecule has 1 atom stereocenters. The number of nitrogens with zero attached hydrogens (tertiary/aromatic N) is 2. The molecule has 2 N–H and O–H groups in total. The van der Waals surface area contributed by atoms with Crippen LogP contribution in [0.25, 0.3) is 0 Å². The Hall–Kier alpha value is -1.06. The first-order valence-corrected chi connectivity index (χ1v) is 10.7. The second-order valence-electron chi connectivity index (χ2n) is 7.23. The zero-order valence-corrected chi connectivity index (χ0v) is 20.6. The van der Waals surface area contributed by atoms with Gasteiger partial charge >= 0.3 is 0 Å². The minimum Gasteiger partial charge on any atom is -0.379 e. The summed E-state index contributed by atoms with van der Waals surface area (Å²) >= 11 is 0. The minimum atomic E-state index is 0. The van der Waals surface area contributed by atoms with E-state index in [0.29, 0.717) is 19.8 Å². The number of halogens is 1. The molecule has 1 fully saturated rings. The number of benzene rings is 1. The molecule has 1 unspecified atom stereocenters. The van der Waals surface area contributed by atoms with Crippen LogP contribution in [0, 0.1) is 0 Å². The molecular weight excluding hydrogens is 479 g/mol. The second-order valence-corrected chi connectivity index (χ2v) is 7.23. The first-order chi connectivity index (χ1) is 13.7. The van der Waals surface area contributed by atoms with Gasteiger partial charge in [0, 0.05) is 39.0 Å². The fourth-order valence-corrected chi connectivity index (χ4v) is 3.26. The number of anilines is 1. The van der Waals surface area contributed by atoms with Crippen molar-refractivity contribution < 1.29 is 9.47 Å². The van der Waals surface area contributed by atoms with Crippen molar-refractivity contribution in [3.8, 4) is 0 Å². The van der Waals surface area contributed by atoms with Crippen LogP contribution in [-0.4, -0.2) is 59.1 Å². The van der Waals surface area contributed by atoms with E-state index >= 15 is 0 Å². The van der Waals surface area contributed by atoms with Crippen molar-refractivity contribution >= 4 is 35.6 Å². The summed E-state index contributed by atoms with van der Waals surface area (Å²) in [6.45, 7) is 10.1. The second kappa shape index (κ2) is 15.7. The highest BCUT2D eigenvalue weighted by molar-refractivity contribution is 14.0. The maximum atomic E-state index is 5.60. The number of guanidine groups is 1. The molecule has 0 radical (unpaired) electrons. The molecule has 2 rings (SSSR count). The number of hydrogen-bond donors (Lipinski definition) is 2. The first-order valence-electron chi connectivity index (χ1n) is 10.7.